The summed E-state index contributed by atoms with van der Waals surface area (Å²) < 4.78 is 159. The Hall–Kier alpha value is -1.26. The van der Waals surface area contributed by atoms with Gasteiger partial charge in [0.15, 0.2) is 11.5 Å². The molecule has 0 amide bonds. The lowest BCUT2D eigenvalue weighted by Gasteiger charge is -2.47. The normalized spacial score (nSPS) is 50.0. The molecule has 0 aromatic heterocycles. The van der Waals surface area contributed by atoms with Crippen molar-refractivity contribution in [3.63, 3.8) is 0 Å². The van der Waals surface area contributed by atoms with Crippen LogP contribution in [-0.4, -0.2) is 43.3 Å². The summed E-state index contributed by atoms with van der Waals surface area (Å²) in [4.78, 5) is 0.00952. The summed E-state index contributed by atoms with van der Waals surface area (Å²) in [5.74, 6) is -3.55. The van der Waals surface area contributed by atoms with Gasteiger partial charge in [-0.25, -0.2) is 0 Å². The van der Waals surface area contributed by atoms with Gasteiger partial charge in [-0.3, -0.25) is 4.90 Å². The molecular formula is C20H31NO3. The Morgan fingerprint density at radius 3 is 2.96 bits per heavy atom. The summed E-state index contributed by atoms with van der Waals surface area (Å²) in [6, 6.07) is -1.06. The second-order valence-corrected chi connectivity index (χ2v) is 5.82. The summed E-state index contributed by atoms with van der Waals surface area (Å²) in [5, 5.41) is 11.3. The molecular weight excluding hydrogens is 302 g/mol. The van der Waals surface area contributed by atoms with Gasteiger partial charge >= 0.3 is 0 Å². The minimum absolute atomic E-state index is 0.00952. The molecule has 4 heteroatoms. The van der Waals surface area contributed by atoms with E-state index >= 15 is 0 Å². The van der Waals surface area contributed by atoms with E-state index in [-0.39, 0.29) is 10.6 Å². The maximum Gasteiger partial charge on any atom is 0.161 e. The molecule has 0 radical (unpaired) electrons. The molecule has 24 heavy (non-hydrogen) atoms. The molecule has 0 aliphatic carbocycles. The molecule has 2 aliphatic rings. The minimum Gasteiger partial charge on any atom is -0.493 e. The summed E-state index contributed by atoms with van der Waals surface area (Å²) in [6.07, 6.45) is -10.3. The number of hydrogen-bond donors (Lipinski definition) is 1. The lowest BCUT2D eigenvalue weighted by Crippen LogP contribution is -2.48. The van der Waals surface area contributed by atoms with Crippen molar-refractivity contribution in [3.05, 3.63) is 23.3 Å². The van der Waals surface area contributed by atoms with Crippen LogP contribution in [0, 0.1) is 11.3 Å². The number of piperidine rings is 1. The first-order chi connectivity index (χ1) is 18.4. The quantitative estimate of drug-likeness (QED) is 0.906. The fourth-order valence-electron chi connectivity index (χ4n) is 2.74. The SMILES string of the molecule is [2H]C([2H])([2H])Oc1cc2c(cc1OC)C([2H])([2H])C([2H])([2H])N1C2([2H])CC(O)C(C([2H])([2H])C(C)(C([2H])([2H])[2H])C([2H])([2H])[2H])C1([2H])[2H]. The molecule has 1 aromatic rings. The number of methoxy groups -OCH3 is 2. The first-order valence-corrected chi connectivity index (χ1v) is 7.28. The van der Waals surface area contributed by atoms with E-state index in [0.717, 1.165) is 19.2 Å². The van der Waals surface area contributed by atoms with E-state index in [4.69, 9.17) is 32.8 Å². The summed E-state index contributed by atoms with van der Waals surface area (Å²) in [5.41, 5.74) is -4.45. The number of aliphatic hydroxyl groups excluding tert-OH is 1. The standard InChI is InChI=1S/C20H31NO3/c1-20(2,3)11-14-12-21-7-6-13-8-18(23-4)19(24-5)9-15(13)16(21)10-17(14)22/h8-9,14,16-17,22H,6-7,10-12H2,1-5H3/i1D3,2D3,5D3,6D2,7D2,11D2,12D2,16D. The number of fused-ring (bicyclic) bond motifs is 3. The highest BCUT2D eigenvalue weighted by molar-refractivity contribution is 5.49. The van der Waals surface area contributed by atoms with Crippen molar-refractivity contribution in [3.8, 4) is 11.5 Å². The van der Waals surface area contributed by atoms with Crippen LogP contribution in [0.15, 0.2) is 12.1 Å². The molecule has 1 saturated heterocycles. The number of aryl methyl sites for hydroxylation is 1. The zero-order valence-electron chi connectivity index (χ0n) is 31.2. The molecule has 3 atom stereocenters. The summed E-state index contributed by atoms with van der Waals surface area (Å²) >= 11 is 0. The molecule has 0 bridgehead atoms. The highest BCUT2D eigenvalue weighted by Crippen LogP contribution is 2.44. The molecule has 0 saturated carbocycles. The summed E-state index contributed by atoms with van der Waals surface area (Å²) in [7, 11) is -1.98. The molecule has 1 fully saturated rings. The number of rotatable bonds is 3. The van der Waals surface area contributed by atoms with Gasteiger partial charge in [0.1, 0.15) is 0 Å². The number of hydrogen-bond acceptors (Lipinski definition) is 4. The molecule has 2 heterocycles. The van der Waals surface area contributed by atoms with Crippen LogP contribution < -0.4 is 9.47 Å². The van der Waals surface area contributed by atoms with Crippen LogP contribution in [0.3, 0.4) is 0 Å². The van der Waals surface area contributed by atoms with Gasteiger partial charge in [-0.15, -0.1) is 0 Å². The van der Waals surface area contributed by atoms with Crippen molar-refractivity contribution >= 4 is 0 Å². The third kappa shape index (κ3) is 3.40. The Kier molecular flexibility index (Phi) is 1.61. The first kappa shape index (κ1) is 5.88. The maximum atomic E-state index is 11.3. The third-order valence-electron chi connectivity index (χ3n) is 3.80. The third-order valence-corrected chi connectivity index (χ3v) is 3.80. The molecule has 134 valence electrons. The first-order valence-electron chi connectivity index (χ1n) is 16.3. The largest absolute Gasteiger partial charge is 0.493 e. The lowest BCUT2D eigenvalue weighted by atomic mass is 9.75. The van der Waals surface area contributed by atoms with Crippen LogP contribution in [-0.2, 0) is 6.37 Å². The molecule has 1 N–H and O–H groups in total. The second kappa shape index (κ2) is 6.57. The highest BCUT2D eigenvalue weighted by Gasteiger charge is 2.39. The van der Waals surface area contributed by atoms with Gasteiger partial charge in [0, 0.05) is 38.2 Å². The molecule has 3 rings (SSSR count). The smallest absolute Gasteiger partial charge is 0.161 e. The lowest BCUT2D eigenvalue weighted by molar-refractivity contribution is -0.0259. The van der Waals surface area contributed by atoms with E-state index in [0.29, 0.717) is 6.92 Å². The highest BCUT2D eigenvalue weighted by atomic mass is 16.5. The molecule has 1 aromatic carbocycles. The monoisotopic (exact) mass is 351 g/mol. The number of benzene rings is 1. The van der Waals surface area contributed by atoms with Gasteiger partial charge in [-0.2, -0.15) is 0 Å². The average Bonchev–Trinajstić information content (AvgIpc) is 2.72. The van der Waals surface area contributed by atoms with Crippen molar-refractivity contribution in [1.82, 2.24) is 4.90 Å². The fraction of sp³-hybridized carbons (Fsp3) is 0.700. The average molecular weight is 352 g/mol. The van der Waals surface area contributed by atoms with Gasteiger partial charge in [0.2, 0.25) is 0 Å². The van der Waals surface area contributed by atoms with Gasteiger partial charge in [0.25, 0.3) is 0 Å². The Morgan fingerprint density at radius 2 is 2.25 bits per heavy atom. The van der Waals surface area contributed by atoms with Gasteiger partial charge < -0.3 is 14.6 Å². The van der Waals surface area contributed by atoms with E-state index in [9.17, 15) is 6.48 Å². The van der Waals surface area contributed by atoms with Gasteiger partial charge in [-0.05, 0) is 53.8 Å². The maximum absolute atomic E-state index is 11.3. The van der Waals surface area contributed by atoms with Crippen LogP contribution in [0.25, 0.3) is 0 Å². The van der Waals surface area contributed by atoms with Crippen LogP contribution in [0.5, 0.6) is 11.5 Å². The van der Waals surface area contributed by atoms with E-state index in [1.54, 1.807) is 0 Å². The zero-order chi connectivity index (χ0) is 33.1. The number of ether oxygens (including phenoxy) is 2. The predicted molar refractivity (Wildman–Crippen MR) is 95.7 cm³/mol. The van der Waals surface area contributed by atoms with Crippen molar-refractivity contribution in [1.29, 1.82) is 0 Å². The topological polar surface area (TPSA) is 41.9 Å². The van der Waals surface area contributed by atoms with E-state index in [1.165, 1.54) is 0 Å². The van der Waals surface area contributed by atoms with E-state index < -0.39 is 93.2 Å². The van der Waals surface area contributed by atoms with Crippen molar-refractivity contribution < 1.29 is 39.3 Å². The fourth-order valence-corrected chi connectivity index (χ4v) is 2.74. The molecule has 0 spiro atoms. The Labute approximate surface area is 171 Å². The van der Waals surface area contributed by atoms with Gasteiger partial charge in [0.05, 0.1) is 25.7 Å². The van der Waals surface area contributed by atoms with E-state index in [2.05, 4.69) is 0 Å². The number of aliphatic hydroxyl groups is 1. The van der Waals surface area contributed by atoms with Crippen LogP contribution >= 0.6 is 0 Å². The van der Waals surface area contributed by atoms with Crippen LogP contribution in [0.1, 0.15) is 75.2 Å². The number of nitrogens with zero attached hydrogens (tertiary/aromatic N) is 1. The zero-order valence-corrected chi connectivity index (χ0v) is 13.2. The molecule has 2 aliphatic heterocycles. The van der Waals surface area contributed by atoms with Gasteiger partial charge in [-0.1, -0.05) is 20.6 Å². The van der Waals surface area contributed by atoms with Crippen LogP contribution in [0.2, 0.25) is 0 Å². The van der Waals surface area contributed by atoms with Crippen molar-refractivity contribution in [2.24, 2.45) is 11.3 Å². The summed E-state index contributed by atoms with van der Waals surface area (Å²) in [6.45, 7) is -13.8. The molecule has 3 unspecified atom stereocenters. The predicted octanol–water partition coefficient (Wildman–Crippen LogP) is 3.42. The minimum atomic E-state index is -3.65. The Bertz CT molecular complexity index is 1210. The van der Waals surface area contributed by atoms with E-state index in [1.807, 2.05) is 0 Å². The van der Waals surface area contributed by atoms with Crippen LogP contribution in [0.4, 0.5) is 0 Å². The molecule has 4 nitrogen and oxygen atoms in total. The van der Waals surface area contributed by atoms with Crippen molar-refractivity contribution in [2.75, 3.05) is 27.1 Å². The second-order valence-electron chi connectivity index (χ2n) is 5.82. The van der Waals surface area contributed by atoms with Crippen molar-refractivity contribution in [2.45, 2.75) is 51.9 Å². The Balaban J connectivity index is 2.40. The Morgan fingerprint density at radius 1 is 1.46 bits per heavy atom.